The van der Waals surface area contributed by atoms with Crippen LogP contribution < -0.4 is 10.6 Å². The molecular formula is C42H66N4O11. The predicted octanol–water partition coefficient (Wildman–Crippen LogP) is 2.09. The summed E-state index contributed by atoms with van der Waals surface area (Å²) in [5.41, 5.74) is -1.62. The molecule has 2 aliphatic rings. The number of hydrogen-bond acceptors (Lipinski definition) is 14. The van der Waals surface area contributed by atoms with Gasteiger partial charge in [-0.3, -0.25) is 19.4 Å². The number of hydrogen-bond donors (Lipinski definition) is 6. The third kappa shape index (κ3) is 11.3. The lowest BCUT2D eigenvalue weighted by molar-refractivity contribution is -0.298. The Morgan fingerprint density at radius 1 is 1.07 bits per heavy atom. The van der Waals surface area contributed by atoms with E-state index < -0.39 is 89.5 Å². The number of aliphatic hydroxyl groups excluding tert-OH is 3. The fourth-order valence-corrected chi connectivity index (χ4v) is 8.20. The highest BCUT2D eigenvalue weighted by Gasteiger charge is 2.51. The van der Waals surface area contributed by atoms with Crippen LogP contribution in [0.4, 0.5) is 0 Å². The van der Waals surface area contributed by atoms with Crippen LogP contribution in [0.3, 0.4) is 0 Å². The van der Waals surface area contributed by atoms with Crippen LogP contribution in [0.15, 0.2) is 36.5 Å². The Kier molecular flexibility index (Phi) is 16.1. The van der Waals surface area contributed by atoms with Crippen molar-refractivity contribution in [3.05, 3.63) is 42.1 Å². The second-order valence-electron chi connectivity index (χ2n) is 16.9. The lowest BCUT2D eigenvalue weighted by Gasteiger charge is -2.47. The summed E-state index contributed by atoms with van der Waals surface area (Å²) in [7, 11) is 3.69. The first-order valence-corrected chi connectivity index (χ1v) is 20.2. The van der Waals surface area contributed by atoms with Crippen LogP contribution in [-0.4, -0.2) is 141 Å². The van der Waals surface area contributed by atoms with Gasteiger partial charge in [-0.2, -0.15) is 0 Å². The van der Waals surface area contributed by atoms with Crippen molar-refractivity contribution < 1.29 is 53.8 Å². The van der Waals surface area contributed by atoms with Crippen LogP contribution in [0.1, 0.15) is 80.2 Å². The predicted molar refractivity (Wildman–Crippen MR) is 213 cm³/mol. The number of benzene rings is 1. The average Bonchev–Trinajstić information content (AvgIpc) is 3.16. The molecule has 2 fully saturated rings. The summed E-state index contributed by atoms with van der Waals surface area (Å²) in [5.74, 6) is -5.63. The van der Waals surface area contributed by atoms with Crippen molar-refractivity contribution >= 4 is 28.6 Å². The van der Waals surface area contributed by atoms with Crippen LogP contribution in [0.25, 0.3) is 10.9 Å². The molecule has 0 spiro atoms. The minimum absolute atomic E-state index is 0.0252. The average molecular weight is 803 g/mol. The molecule has 15 nitrogen and oxygen atoms in total. The maximum Gasteiger partial charge on any atom is 0.316 e. The highest BCUT2D eigenvalue weighted by atomic mass is 16.7. The van der Waals surface area contributed by atoms with Gasteiger partial charge in [-0.05, 0) is 91.7 Å². The Morgan fingerprint density at radius 3 is 2.44 bits per heavy atom. The number of aliphatic hydroxyl groups is 4. The Hall–Kier alpha value is -3.12. The van der Waals surface area contributed by atoms with Gasteiger partial charge in [0.15, 0.2) is 12.1 Å². The van der Waals surface area contributed by atoms with E-state index in [0.29, 0.717) is 13.0 Å². The highest BCUT2D eigenvalue weighted by molar-refractivity contribution is 6.00. The van der Waals surface area contributed by atoms with Crippen molar-refractivity contribution in [1.29, 1.82) is 0 Å². The van der Waals surface area contributed by atoms with Gasteiger partial charge in [0.1, 0.15) is 23.7 Å². The van der Waals surface area contributed by atoms with E-state index in [4.69, 9.17) is 18.9 Å². The third-order valence-electron chi connectivity index (χ3n) is 11.7. The van der Waals surface area contributed by atoms with Crippen LogP contribution >= 0.6 is 0 Å². The molecule has 0 bridgehead atoms. The number of fused-ring (bicyclic) bond motifs is 1. The molecule has 0 saturated carbocycles. The smallest absolute Gasteiger partial charge is 0.316 e. The molecule has 2 saturated heterocycles. The number of ether oxygens (including phenoxy) is 4. The summed E-state index contributed by atoms with van der Waals surface area (Å²) in [6.45, 7) is 13.1. The van der Waals surface area contributed by atoms with E-state index in [2.05, 4.69) is 15.6 Å². The Balaban J connectivity index is 1.68. The maximum absolute atomic E-state index is 14.4. The van der Waals surface area contributed by atoms with Crippen molar-refractivity contribution in [1.82, 2.24) is 20.5 Å². The summed E-state index contributed by atoms with van der Waals surface area (Å²) in [6.07, 6.45) is -5.39. The fourth-order valence-electron chi connectivity index (χ4n) is 8.20. The van der Waals surface area contributed by atoms with Crippen LogP contribution in [0.2, 0.25) is 0 Å². The molecule has 2 aromatic rings. The zero-order chi connectivity index (χ0) is 42.4. The van der Waals surface area contributed by atoms with Crippen molar-refractivity contribution in [2.24, 2.45) is 17.8 Å². The van der Waals surface area contributed by atoms with E-state index in [1.807, 2.05) is 56.3 Å². The number of esters is 1. The third-order valence-corrected chi connectivity index (χ3v) is 11.7. The van der Waals surface area contributed by atoms with Gasteiger partial charge >= 0.3 is 5.97 Å². The van der Waals surface area contributed by atoms with E-state index >= 15 is 0 Å². The van der Waals surface area contributed by atoms with E-state index in [-0.39, 0.29) is 38.1 Å². The lowest BCUT2D eigenvalue weighted by Crippen LogP contribution is -2.60. The summed E-state index contributed by atoms with van der Waals surface area (Å²) in [5, 5.41) is 52.6. The zero-order valence-corrected chi connectivity index (χ0v) is 35.2. The number of rotatable bonds is 11. The number of amides is 1. The largest absolute Gasteiger partial charge is 0.459 e. The molecule has 1 unspecified atom stereocenters. The first kappa shape index (κ1) is 46.6. The van der Waals surface area contributed by atoms with Gasteiger partial charge in [0.2, 0.25) is 5.91 Å². The topological polar surface area (TPSA) is 209 Å². The maximum atomic E-state index is 14.4. The van der Waals surface area contributed by atoms with E-state index in [9.17, 15) is 34.8 Å². The monoisotopic (exact) mass is 802 g/mol. The molecule has 1 aromatic heterocycles. The molecular weight excluding hydrogens is 736 g/mol. The van der Waals surface area contributed by atoms with Crippen LogP contribution in [0.5, 0.6) is 0 Å². The molecule has 6 N–H and O–H groups in total. The lowest BCUT2D eigenvalue weighted by atomic mass is 9.79. The Bertz CT molecular complexity index is 1660. The number of cyclic esters (lactones) is 1. The number of carbonyl (C=O) groups excluding carboxylic acids is 3. The second-order valence-corrected chi connectivity index (χ2v) is 16.9. The summed E-state index contributed by atoms with van der Waals surface area (Å²) < 4.78 is 25.1. The number of nitrogens with zero attached hydrogens (tertiary/aromatic N) is 2. The highest BCUT2D eigenvalue weighted by Crippen LogP contribution is 2.36. The normalized spacial score (nSPS) is 37.0. The van der Waals surface area contributed by atoms with Crippen molar-refractivity contribution in [3.63, 3.8) is 0 Å². The van der Waals surface area contributed by atoms with Crippen molar-refractivity contribution in [2.75, 3.05) is 27.2 Å². The van der Waals surface area contributed by atoms with E-state index in [0.717, 1.165) is 16.5 Å². The van der Waals surface area contributed by atoms with Gasteiger partial charge < -0.3 is 54.9 Å². The van der Waals surface area contributed by atoms with Crippen LogP contribution in [0, 0.1) is 17.8 Å². The van der Waals surface area contributed by atoms with Gasteiger partial charge in [-0.1, -0.05) is 32.9 Å². The van der Waals surface area contributed by atoms with Crippen molar-refractivity contribution in [3.8, 4) is 0 Å². The molecule has 1 amide bonds. The first-order valence-electron chi connectivity index (χ1n) is 20.2. The molecule has 2 aliphatic heterocycles. The molecule has 14 atom stereocenters. The molecule has 1 aromatic carbocycles. The van der Waals surface area contributed by atoms with E-state index in [1.165, 1.54) is 20.8 Å². The molecule has 4 rings (SSSR count). The minimum Gasteiger partial charge on any atom is -0.459 e. The van der Waals surface area contributed by atoms with Gasteiger partial charge in [0, 0.05) is 42.7 Å². The Morgan fingerprint density at radius 2 is 1.77 bits per heavy atom. The zero-order valence-electron chi connectivity index (χ0n) is 35.2. The molecule has 320 valence electrons. The number of ketones is 1. The van der Waals surface area contributed by atoms with Crippen LogP contribution in [-0.2, 0) is 39.9 Å². The van der Waals surface area contributed by atoms with Gasteiger partial charge in [0.25, 0.3) is 0 Å². The SMILES string of the molecule is CC[C@H]1OC(=O)[C@H](C)C(=O)[C@H](C)[C@@H](O[C@@H]2O[C@H](C)C[C@H](N(C)C)[C@H]2O)[C@](C)(OCC(O)CNCc2ccc3ncccc3c2)C[C@@H](C)NC(=O)[C@H](C)[C@@H](O)[C@]1(C)O. The number of pyridine rings is 1. The van der Waals surface area contributed by atoms with Gasteiger partial charge in [0.05, 0.1) is 48.1 Å². The minimum atomic E-state index is -2.04. The first-order chi connectivity index (χ1) is 26.7. The molecule has 0 radical (unpaired) electrons. The Labute approximate surface area is 336 Å². The van der Waals surface area contributed by atoms with Crippen molar-refractivity contribution in [2.45, 2.75) is 147 Å². The molecule has 15 heteroatoms. The van der Waals surface area contributed by atoms with Gasteiger partial charge in [-0.15, -0.1) is 0 Å². The number of Topliss-reactive ketones (excluding diaryl/α,β-unsaturated/α-hetero) is 1. The summed E-state index contributed by atoms with van der Waals surface area (Å²) in [4.78, 5) is 47.8. The van der Waals surface area contributed by atoms with Gasteiger partial charge in [-0.25, -0.2) is 0 Å². The second kappa shape index (κ2) is 19.8. The molecule has 0 aliphatic carbocycles. The number of carbonyl (C=O) groups is 3. The number of likely N-dealkylation sites (N-methyl/N-ethyl adjacent to an activating group) is 1. The van der Waals surface area contributed by atoms with E-state index in [1.54, 1.807) is 33.9 Å². The number of aromatic nitrogens is 1. The summed E-state index contributed by atoms with van der Waals surface area (Å²) >= 11 is 0. The molecule has 3 heterocycles. The standard InChI is InChI=1S/C42H66N4O11/c1-11-33-42(8,53)36(50)27(6)38(51)45-23(2)19-41(7,54-22-30(47)21-43-20-28-14-15-31-29(18-28)13-12-16-44-31)37(25(4)34(48)26(5)39(52)56-33)57-40-35(49)32(46(9)10)17-24(3)55-40/h12-16,18,23-27,30,32-33,35-37,40,43,47,49-50,53H,11,17,19-22H2,1-10H3,(H,45,51)/t23-,24-,25+,26-,27-,30?,32+,33-,35-,36-,37-,40+,41-,42-/m1/s1. The quantitative estimate of drug-likeness (QED) is 0.142. The fraction of sp³-hybridized carbons (Fsp3) is 0.714. The molecule has 57 heavy (non-hydrogen) atoms. The number of nitrogens with one attached hydrogen (secondary N) is 2. The summed E-state index contributed by atoms with van der Waals surface area (Å²) in [6, 6.07) is 8.76.